The lowest BCUT2D eigenvalue weighted by Crippen LogP contribution is -2.35. The minimum absolute atomic E-state index is 0.177. The zero-order valence-corrected chi connectivity index (χ0v) is 14.4. The highest BCUT2D eigenvalue weighted by molar-refractivity contribution is 5.99. The molecule has 0 spiro atoms. The summed E-state index contributed by atoms with van der Waals surface area (Å²) in [5.41, 5.74) is 5.29. The minimum Gasteiger partial charge on any atom is -0.374 e. The molecule has 1 atom stereocenters. The number of benzene rings is 3. The predicted molar refractivity (Wildman–Crippen MR) is 104 cm³/mol. The Morgan fingerprint density at radius 3 is 2.36 bits per heavy atom. The van der Waals surface area contributed by atoms with Gasteiger partial charge < -0.3 is 5.32 Å². The van der Waals surface area contributed by atoms with E-state index in [0.717, 1.165) is 22.3 Å². The van der Waals surface area contributed by atoms with Gasteiger partial charge in [-0.2, -0.15) is 5.10 Å². The van der Waals surface area contributed by atoms with Crippen molar-refractivity contribution in [3.8, 4) is 0 Å². The number of amides is 1. The number of hydrogen-bond donors (Lipinski definition) is 2. The number of nitrogens with zero attached hydrogens (tertiary/aromatic N) is 1. The van der Waals surface area contributed by atoms with E-state index in [4.69, 9.17) is 0 Å². The fraction of sp³-hybridized carbons (Fsp3) is 0.143. The quantitative estimate of drug-likeness (QED) is 0.544. The van der Waals surface area contributed by atoms with Gasteiger partial charge in [0.15, 0.2) is 0 Å². The third-order valence-electron chi connectivity index (χ3n) is 4.05. The molecule has 0 aliphatic carbocycles. The van der Waals surface area contributed by atoms with Crippen LogP contribution in [0.2, 0.25) is 0 Å². The number of anilines is 1. The summed E-state index contributed by atoms with van der Waals surface area (Å²) in [7, 11) is 0. The molecule has 0 saturated heterocycles. The summed E-state index contributed by atoms with van der Waals surface area (Å²) < 4.78 is 0. The van der Waals surface area contributed by atoms with E-state index in [-0.39, 0.29) is 5.91 Å². The van der Waals surface area contributed by atoms with Gasteiger partial charge in [0.25, 0.3) is 5.91 Å². The zero-order chi connectivity index (χ0) is 17.6. The molecule has 1 amide bonds. The van der Waals surface area contributed by atoms with E-state index in [2.05, 4.69) is 28.0 Å². The van der Waals surface area contributed by atoms with E-state index in [9.17, 15) is 4.79 Å². The van der Waals surface area contributed by atoms with Crippen LogP contribution in [0.4, 0.5) is 5.69 Å². The van der Waals surface area contributed by atoms with Crippen molar-refractivity contribution in [1.29, 1.82) is 0 Å². The van der Waals surface area contributed by atoms with Crippen LogP contribution in [0.3, 0.4) is 0 Å². The van der Waals surface area contributed by atoms with Crippen molar-refractivity contribution < 1.29 is 4.79 Å². The molecule has 4 nitrogen and oxygen atoms in total. The molecule has 4 heteroatoms. The van der Waals surface area contributed by atoms with Crippen molar-refractivity contribution in [2.75, 3.05) is 5.32 Å². The summed E-state index contributed by atoms with van der Waals surface area (Å²) in [5, 5.41) is 9.71. The average Bonchev–Trinajstić information content (AvgIpc) is 2.66. The lowest BCUT2D eigenvalue weighted by molar-refractivity contribution is -0.121. The summed E-state index contributed by atoms with van der Waals surface area (Å²) in [6, 6.07) is 23.6. The van der Waals surface area contributed by atoms with Crippen LogP contribution in [0.15, 0.2) is 77.9 Å². The Balaban J connectivity index is 1.63. The number of carbonyl (C=O) groups excluding carboxylic acids is 1. The third-order valence-corrected chi connectivity index (χ3v) is 4.05. The fourth-order valence-corrected chi connectivity index (χ4v) is 2.57. The van der Waals surface area contributed by atoms with Crippen LogP contribution in [0, 0.1) is 0 Å². The van der Waals surface area contributed by atoms with Crippen molar-refractivity contribution in [1.82, 2.24) is 5.43 Å². The number of fused-ring (bicyclic) bond motifs is 1. The zero-order valence-electron chi connectivity index (χ0n) is 14.4. The van der Waals surface area contributed by atoms with Crippen molar-refractivity contribution in [2.45, 2.75) is 19.9 Å². The predicted octanol–water partition coefficient (Wildman–Crippen LogP) is 4.18. The summed E-state index contributed by atoms with van der Waals surface area (Å²) in [6.07, 6.45) is 0. The van der Waals surface area contributed by atoms with Crippen LogP contribution < -0.4 is 10.7 Å². The fourth-order valence-electron chi connectivity index (χ4n) is 2.57. The van der Waals surface area contributed by atoms with Gasteiger partial charge in [0.1, 0.15) is 6.04 Å². The Morgan fingerprint density at radius 1 is 0.920 bits per heavy atom. The van der Waals surface area contributed by atoms with Crippen LogP contribution in [0.1, 0.15) is 19.4 Å². The van der Waals surface area contributed by atoms with Crippen LogP contribution in [0.5, 0.6) is 0 Å². The van der Waals surface area contributed by atoms with Crippen molar-refractivity contribution in [3.05, 3.63) is 78.4 Å². The molecular formula is C21H21N3O. The van der Waals surface area contributed by atoms with Gasteiger partial charge in [-0.15, -0.1) is 0 Å². The van der Waals surface area contributed by atoms with Crippen molar-refractivity contribution in [2.24, 2.45) is 5.10 Å². The van der Waals surface area contributed by atoms with Gasteiger partial charge in [-0.3, -0.25) is 4.79 Å². The minimum atomic E-state index is -0.395. The Hall–Kier alpha value is -3.14. The second kappa shape index (κ2) is 7.62. The lowest BCUT2D eigenvalue weighted by atomic mass is 10.1. The number of hydrazone groups is 1. The largest absolute Gasteiger partial charge is 0.374 e. The smallest absolute Gasteiger partial charge is 0.262 e. The molecule has 0 aromatic heterocycles. The first-order chi connectivity index (χ1) is 12.1. The molecule has 0 aliphatic heterocycles. The molecular weight excluding hydrogens is 310 g/mol. The highest BCUT2D eigenvalue weighted by Gasteiger charge is 2.12. The molecule has 3 aromatic rings. The van der Waals surface area contributed by atoms with E-state index in [1.165, 1.54) is 5.39 Å². The van der Waals surface area contributed by atoms with Gasteiger partial charge in [0.2, 0.25) is 0 Å². The molecule has 0 saturated carbocycles. The number of hydrogen-bond acceptors (Lipinski definition) is 3. The standard InChI is InChI=1S/C21H21N3O/c1-15(17-8-4-3-5-9-17)23-24-21(25)16(2)22-20-13-12-18-10-6-7-11-19(18)14-20/h3-14,16,22H,1-2H3,(H,24,25)/b23-15+. The number of nitrogens with one attached hydrogen (secondary N) is 2. The molecule has 0 fully saturated rings. The highest BCUT2D eigenvalue weighted by Crippen LogP contribution is 2.19. The first-order valence-electron chi connectivity index (χ1n) is 8.28. The Labute approximate surface area is 147 Å². The molecule has 1 unspecified atom stereocenters. The Morgan fingerprint density at radius 2 is 1.60 bits per heavy atom. The molecule has 0 bridgehead atoms. The van der Waals surface area contributed by atoms with Gasteiger partial charge in [-0.25, -0.2) is 5.43 Å². The maximum Gasteiger partial charge on any atom is 0.262 e. The Kier molecular flexibility index (Phi) is 5.09. The van der Waals surface area contributed by atoms with Gasteiger partial charge in [-0.05, 0) is 42.3 Å². The number of carbonyl (C=O) groups is 1. The van der Waals surface area contributed by atoms with E-state index in [0.29, 0.717) is 0 Å². The van der Waals surface area contributed by atoms with E-state index >= 15 is 0 Å². The molecule has 3 rings (SSSR count). The molecule has 126 valence electrons. The summed E-state index contributed by atoms with van der Waals surface area (Å²) in [6.45, 7) is 3.69. The SMILES string of the molecule is C/C(=N\NC(=O)C(C)Nc1ccc2ccccc2c1)c1ccccc1. The van der Waals surface area contributed by atoms with Crippen LogP contribution in [0.25, 0.3) is 10.8 Å². The van der Waals surface area contributed by atoms with Crippen molar-refractivity contribution >= 4 is 28.1 Å². The summed E-state index contributed by atoms with van der Waals surface area (Å²) in [4.78, 5) is 12.3. The molecule has 25 heavy (non-hydrogen) atoms. The van der Waals surface area contributed by atoms with Crippen LogP contribution >= 0.6 is 0 Å². The maximum atomic E-state index is 12.3. The highest BCUT2D eigenvalue weighted by atomic mass is 16.2. The second-order valence-electron chi connectivity index (χ2n) is 5.97. The first kappa shape index (κ1) is 16.7. The van der Waals surface area contributed by atoms with E-state index in [1.807, 2.05) is 74.5 Å². The summed E-state index contributed by atoms with van der Waals surface area (Å²) in [5.74, 6) is -0.177. The normalized spacial score (nSPS) is 12.6. The lowest BCUT2D eigenvalue weighted by Gasteiger charge is -2.14. The molecule has 2 N–H and O–H groups in total. The van der Waals surface area contributed by atoms with E-state index in [1.54, 1.807) is 0 Å². The second-order valence-corrected chi connectivity index (χ2v) is 5.97. The average molecular weight is 331 g/mol. The van der Waals surface area contributed by atoms with E-state index < -0.39 is 6.04 Å². The van der Waals surface area contributed by atoms with Gasteiger partial charge in [0, 0.05) is 5.69 Å². The number of rotatable bonds is 5. The first-order valence-corrected chi connectivity index (χ1v) is 8.28. The monoisotopic (exact) mass is 331 g/mol. The molecule has 0 radical (unpaired) electrons. The topological polar surface area (TPSA) is 53.5 Å². The van der Waals surface area contributed by atoms with Gasteiger partial charge in [0.05, 0.1) is 5.71 Å². The third kappa shape index (κ3) is 4.23. The molecule has 3 aromatic carbocycles. The van der Waals surface area contributed by atoms with Crippen LogP contribution in [-0.4, -0.2) is 17.7 Å². The molecule has 0 aliphatic rings. The van der Waals surface area contributed by atoms with Crippen LogP contribution in [-0.2, 0) is 4.79 Å². The van der Waals surface area contributed by atoms with Crippen molar-refractivity contribution in [3.63, 3.8) is 0 Å². The Bertz CT molecular complexity index is 903. The maximum absolute atomic E-state index is 12.3. The summed E-state index contributed by atoms with van der Waals surface area (Å²) >= 11 is 0. The molecule has 0 heterocycles. The van der Waals surface area contributed by atoms with Gasteiger partial charge in [-0.1, -0.05) is 60.7 Å². The van der Waals surface area contributed by atoms with Gasteiger partial charge >= 0.3 is 0 Å².